The average Bonchev–Trinajstić information content (AvgIpc) is 2.97. The van der Waals surface area contributed by atoms with Crippen LogP contribution in [0.1, 0.15) is 31.7 Å². The molecular weight excluding hydrogens is 252 g/mol. The molecule has 0 unspecified atom stereocenters. The second-order valence-corrected chi connectivity index (χ2v) is 5.86. The van der Waals surface area contributed by atoms with Crippen LogP contribution < -0.4 is 5.43 Å². The number of carbonyl (C=O) groups is 1. The number of nitrogens with one attached hydrogen (secondary N) is 1. The molecule has 4 nitrogen and oxygen atoms in total. The number of ether oxygens (including phenoxy) is 1. The van der Waals surface area contributed by atoms with Crippen LogP contribution in [-0.4, -0.2) is 17.8 Å². The number of aryl methyl sites for hydroxylation is 1. The Bertz CT molecular complexity index is 536. The van der Waals surface area contributed by atoms with Crippen molar-refractivity contribution in [3.63, 3.8) is 0 Å². The topological polar surface area (TPSA) is 50.7 Å². The molecule has 0 aromatic heterocycles. The van der Waals surface area contributed by atoms with Crippen LogP contribution in [0, 0.1) is 18.8 Å². The first-order valence-electron chi connectivity index (χ1n) is 7.18. The predicted octanol–water partition coefficient (Wildman–Crippen LogP) is 3.12. The molecule has 2 aliphatic carbocycles. The van der Waals surface area contributed by atoms with Crippen molar-refractivity contribution in [1.82, 2.24) is 0 Å². The highest BCUT2D eigenvalue weighted by Gasteiger charge is 2.45. The molecule has 2 fully saturated rings. The molecule has 106 valence electrons. The van der Waals surface area contributed by atoms with Gasteiger partial charge in [0.1, 0.15) is 6.10 Å². The number of hydrogen-bond acceptors (Lipinski definition) is 4. The van der Waals surface area contributed by atoms with Crippen molar-refractivity contribution in [2.24, 2.45) is 16.9 Å². The summed E-state index contributed by atoms with van der Waals surface area (Å²) in [4.78, 5) is 11.0. The molecule has 0 amide bonds. The Morgan fingerprint density at radius 2 is 2.05 bits per heavy atom. The molecule has 1 aromatic rings. The third-order valence-electron chi connectivity index (χ3n) is 4.27. The van der Waals surface area contributed by atoms with Gasteiger partial charge in [0.15, 0.2) is 0 Å². The van der Waals surface area contributed by atoms with Crippen molar-refractivity contribution in [3.8, 4) is 0 Å². The third kappa shape index (κ3) is 2.69. The van der Waals surface area contributed by atoms with Gasteiger partial charge in [-0.15, -0.1) is 0 Å². The average molecular weight is 272 g/mol. The number of nitrogens with zero attached hydrogens (tertiary/aromatic N) is 1. The Kier molecular flexibility index (Phi) is 3.47. The van der Waals surface area contributed by atoms with Crippen LogP contribution in [0.5, 0.6) is 0 Å². The van der Waals surface area contributed by atoms with Crippen molar-refractivity contribution in [2.45, 2.75) is 39.2 Å². The Balaban J connectivity index is 1.60. The molecule has 1 aromatic carbocycles. The van der Waals surface area contributed by atoms with E-state index in [1.807, 2.05) is 12.1 Å². The molecule has 0 saturated heterocycles. The standard InChI is InChI=1S/C16H20N2O2/c1-10-3-5-14(6-4-10)17-18-15-8-13-7-12(15)9-16(13)20-11(2)19/h3-6,12-13,16-17H,7-9H2,1-2H3/b18-15-/t12-,13-,16+/m1/s1. The SMILES string of the molecule is CC(=O)O[C@H]1C[C@H]2C[C@@H]1C/C2=N/Nc1ccc(C)cc1. The van der Waals surface area contributed by atoms with Gasteiger partial charge in [-0.1, -0.05) is 17.7 Å². The fourth-order valence-corrected chi connectivity index (χ4v) is 3.27. The lowest BCUT2D eigenvalue weighted by atomic mass is 9.96. The minimum absolute atomic E-state index is 0.107. The van der Waals surface area contributed by atoms with Gasteiger partial charge < -0.3 is 4.74 Å². The molecule has 3 rings (SSSR count). The molecule has 0 radical (unpaired) electrons. The molecule has 2 saturated carbocycles. The third-order valence-corrected chi connectivity index (χ3v) is 4.27. The Morgan fingerprint density at radius 1 is 1.30 bits per heavy atom. The maximum absolute atomic E-state index is 11.0. The molecule has 3 atom stereocenters. The molecule has 0 heterocycles. The summed E-state index contributed by atoms with van der Waals surface area (Å²) in [6.07, 6.45) is 3.09. The van der Waals surface area contributed by atoms with Gasteiger partial charge in [0.25, 0.3) is 0 Å². The quantitative estimate of drug-likeness (QED) is 0.679. The minimum Gasteiger partial charge on any atom is -0.462 e. The van der Waals surface area contributed by atoms with E-state index < -0.39 is 0 Å². The first kappa shape index (κ1) is 13.2. The number of esters is 1. The van der Waals surface area contributed by atoms with Gasteiger partial charge in [-0.2, -0.15) is 5.10 Å². The maximum Gasteiger partial charge on any atom is 0.302 e. The second kappa shape index (κ2) is 5.27. The van der Waals surface area contributed by atoms with Gasteiger partial charge in [0.05, 0.1) is 5.69 Å². The van der Waals surface area contributed by atoms with Crippen LogP contribution in [0.4, 0.5) is 5.69 Å². The fourth-order valence-electron chi connectivity index (χ4n) is 3.27. The fraction of sp³-hybridized carbons (Fsp3) is 0.500. The van der Waals surface area contributed by atoms with Crippen molar-refractivity contribution in [2.75, 3.05) is 5.43 Å². The number of rotatable bonds is 3. The molecule has 4 heteroatoms. The van der Waals surface area contributed by atoms with E-state index in [0.717, 1.165) is 24.9 Å². The summed E-state index contributed by atoms with van der Waals surface area (Å²) in [5.41, 5.74) is 6.61. The summed E-state index contributed by atoms with van der Waals surface area (Å²) in [5.74, 6) is 0.767. The zero-order valence-electron chi connectivity index (χ0n) is 11.9. The van der Waals surface area contributed by atoms with Gasteiger partial charge in [-0.05, 0) is 38.3 Å². The van der Waals surface area contributed by atoms with Crippen molar-refractivity contribution < 1.29 is 9.53 Å². The van der Waals surface area contributed by atoms with E-state index in [9.17, 15) is 4.79 Å². The largest absolute Gasteiger partial charge is 0.462 e. The number of benzene rings is 1. The lowest BCUT2D eigenvalue weighted by Gasteiger charge is -2.22. The molecular formula is C16H20N2O2. The highest BCUT2D eigenvalue weighted by atomic mass is 16.5. The van der Waals surface area contributed by atoms with Crippen LogP contribution in [0.3, 0.4) is 0 Å². The highest BCUT2D eigenvalue weighted by molar-refractivity contribution is 5.90. The normalized spacial score (nSPS) is 29.7. The summed E-state index contributed by atoms with van der Waals surface area (Å²) in [7, 11) is 0. The molecule has 2 aliphatic rings. The van der Waals surface area contributed by atoms with Gasteiger partial charge in [-0.3, -0.25) is 10.2 Å². The van der Waals surface area contributed by atoms with Crippen molar-refractivity contribution in [1.29, 1.82) is 0 Å². The number of hydrazone groups is 1. The number of carbonyl (C=O) groups excluding carboxylic acids is 1. The zero-order valence-corrected chi connectivity index (χ0v) is 11.9. The minimum atomic E-state index is -0.168. The van der Waals surface area contributed by atoms with Gasteiger partial charge in [0, 0.05) is 24.5 Å². The molecule has 0 aliphatic heterocycles. The predicted molar refractivity (Wildman–Crippen MR) is 78.6 cm³/mol. The van der Waals surface area contributed by atoms with E-state index in [1.54, 1.807) is 0 Å². The monoisotopic (exact) mass is 272 g/mol. The van der Waals surface area contributed by atoms with Gasteiger partial charge in [-0.25, -0.2) is 0 Å². The summed E-state index contributed by atoms with van der Waals surface area (Å²) in [6.45, 7) is 3.56. The molecule has 2 bridgehead atoms. The zero-order chi connectivity index (χ0) is 14.1. The van der Waals surface area contributed by atoms with E-state index in [0.29, 0.717) is 11.8 Å². The number of anilines is 1. The van der Waals surface area contributed by atoms with Crippen LogP contribution in [0.15, 0.2) is 29.4 Å². The van der Waals surface area contributed by atoms with Crippen LogP contribution in [0.2, 0.25) is 0 Å². The molecule has 0 spiro atoms. The lowest BCUT2D eigenvalue weighted by molar-refractivity contribution is -0.148. The van der Waals surface area contributed by atoms with E-state index in [-0.39, 0.29) is 12.1 Å². The van der Waals surface area contributed by atoms with Gasteiger partial charge >= 0.3 is 5.97 Å². The molecule has 20 heavy (non-hydrogen) atoms. The van der Waals surface area contributed by atoms with E-state index in [4.69, 9.17) is 4.74 Å². The number of fused-ring (bicyclic) bond motifs is 2. The van der Waals surface area contributed by atoms with Crippen LogP contribution >= 0.6 is 0 Å². The van der Waals surface area contributed by atoms with Crippen LogP contribution in [0.25, 0.3) is 0 Å². The lowest BCUT2D eigenvalue weighted by Crippen LogP contribution is -2.26. The summed E-state index contributed by atoms with van der Waals surface area (Å²) in [5, 5.41) is 4.55. The smallest absolute Gasteiger partial charge is 0.302 e. The van der Waals surface area contributed by atoms with Crippen LogP contribution in [-0.2, 0) is 9.53 Å². The van der Waals surface area contributed by atoms with E-state index in [2.05, 4.69) is 29.6 Å². The summed E-state index contributed by atoms with van der Waals surface area (Å²) < 4.78 is 5.36. The van der Waals surface area contributed by atoms with Crippen molar-refractivity contribution in [3.05, 3.63) is 29.8 Å². The first-order chi connectivity index (χ1) is 9.61. The Labute approximate surface area is 119 Å². The van der Waals surface area contributed by atoms with Gasteiger partial charge in [0.2, 0.25) is 0 Å². The maximum atomic E-state index is 11.0. The Hall–Kier alpha value is -1.84. The Morgan fingerprint density at radius 3 is 2.65 bits per heavy atom. The second-order valence-electron chi connectivity index (χ2n) is 5.86. The van der Waals surface area contributed by atoms with Crippen molar-refractivity contribution >= 4 is 17.4 Å². The first-order valence-corrected chi connectivity index (χ1v) is 7.18. The van der Waals surface area contributed by atoms with E-state index >= 15 is 0 Å². The number of hydrogen-bond donors (Lipinski definition) is 1. The molecule has 1 N–H and O–H groups in total. The summed E-state index contributed by atoms with van der Waals surface area (Å²) in [6, 6.07) is 8.21. The van der Waals surface area contributed by atoms with E-state index in [1.165, 1.54) is 18.2 Å². The highest BCUT2D eigenvalue weighted by Crippen LogP contribution is 2.44. The summed E-state index contributed by atoms with van der Waals surface area (Å²) >= 11 is 0.